The molecule has 1 aliphatic carbocycles. The second-order valence-electron chi connectivity index (χ2n) is 9.94. The van der Waals surface area contributed by atoms with Gasteiger partial charge in [-0.2, -0.15) is 5.10 Å². The van der Waals surface area contributed by atoms with Gasteiger partial charge in [0.05, 0.1) is 10.9 Å². The van der Waals surface area contributed by atoms with Gasteiger partial charge in [-0.25, -0.2) is 9.37 Å². The van der Waals surface area contributed by atoms with Crippen LogP contribution >= 0.6 is 0 Å². The summed E-state index contributed by atoms with van der Waals surface area (Å²) in [5.74, 6) is 0.659. The van der Waals surface area contributed by atoms with Gasteiger partial charge in [-0.05, 0) is 61.0 Å². The molecule has 2 aromatic carbocycles. The van der Waals surface area contributed by atoms with Crippen LogP contribution in [0, 0.1) is 5.82 Å². The maximum absolute atomic E-state index is 13.9. The van der Waals surface area contributed by atoms with Crippen LogP contribution in [0.1, 0.15) is 23.5 Å². The van der Waals surface area contributed by atoms with Gasteiger partial charge >= 0.3 is 0 Å². The first kappa shape index (κ1) is 20.6. The number of rotatable bonds is 3. The van der Waals surface area contributed by atoms with Gasteiger partial charge in [-0.3, -0.25) is 9.89 Å². The Morgan fingerprint density at radius 2 is 1.91 bits per heavy atom. The van der Waals surface area contributed by atoms with Crippen LogP contribution in [0.5, 0.6) is 0 Å². The molecule has 4 aromatic rings. The Morgan fingerprint density at radius 3 is 2.71 bits per heavy atom. The summed E-state index contributed by atoms with van der Waals surface area (Å²) in [6.45, 7) is 4.05. The predicted molar refractivity (Wildman–Crippen MR) is 133 cm³/mol. The summed E-state index contributed by atoms with van der Waals surface area (Å²) in [5, 5.41) is 11.7. The maximum atomic E-state index is 13.9. The monoisotopic (exact) mass is 468 g/mol. The fraction of sp³-hybridized carbons (Fsp3) is 0.296. The maximum Gasteiger partial charge on any atom is 0.235 e. The van der Waals surface area contributed by atoms with Gasteiger partial charge < -0.3 is 15.1 Å². The summed E-state index contributed by atoms with van der Waals surface area (Å²) in [4.78, 5) is 22.2. The number of aromatic nitrogens is 3. The number of hydrogen-bond acceptors (Lipinski definition) is 5. The van der Waals surface area contributed by atoms with E-state index < -0.39 is 5.41 Å². The molecule has 2 fully saturated rings. The Kier molecular flexibility index (Phi) is 4.33. The molecule has 4 heterocycles. The molecular weight excluding hydrogens is 443 g/mol. The zero-order chi connectivity index (χ0) is 23.7. The highest BCUT2D eigenvalue weighted by molar-refractivity contribution is 6.10. The number of pyridine rings is 1. The molecule has 1 saturated heterocycles. The number of nitrogens with zero attached hydrogens (tertiary/aromatic N) is 4. The highest BCUT2D eigenvalue weighted by Crippen LogP contribution is 2.65. The van der Waals surface area contributed by atoms with E-state index in [-0.39, 0.29) is 17.6 Å². The van der Waals surface area contributed by atoms with Gasteiger partial charge in [0.25, 0.3) is 0 Å². The minimum absolute atomic E-state index is 0.0197. The Bertz CT molecular complexity index is 1470. The summed E-state index contributed by atoms with van der Waals surface area (Å²) in [6, 6.07) is 14.9. The molecule has 1 spiro atoms. The number of amides is 1. The van der Waals surface area contributed by atoms with Crippen molar-refractivity contribution >= 4 is 28.3 Å². The van der Waals surface area contributed by atoms with Crippen molar-refractivity contribution in [2.24, 2.45) is 0 Å². The number of halogens is 1. The predicted octanol–water partition coefficient (Wildman–Crippen LogP) is 3.89. The van der Waals surface area contributed by atoms with Crippen molar-refractivity contribution in [2.45, 2.75) is 17.8 Å². The van der Waals surface area contributed by atoms with Gasteiger partial charge in [0, 0.05) is 54.9 Å². The first-order valence-electron chi connectivity index (χ1n) is 12.0. The molecule has 1 unspecified atom stereocenters. The summed E-state index contributed by atoms with van der Waals surface area (Å²) in [7, 11) is 2.15. The van der Waals surface area contributed by atoms with Crippen LogP contribution < -0.4 is 10.2 Å². The molecule has 1 saturated carbocycles. The Balaban J connectivity index is 1.17. The minimum atomic E-state index is -0.670. The van der Waals surface area contributed by atoms with Crippen molar-refractivity contribution < 1.29 is 9.18 Å². The van der Waals surface area contributed by atoms with Crippen LogP contribution in [0.3, 0.4) is 0 Å². The number of likely N-dealkylation sites (N-methyl/N-ethyl adjacent to an activating group) is 1. The summed E-state index contributed by atoms with van der Waals surface area (Å²) < 4.78 is 13.9. The van der Waals surface area contributed by atoms with E-state index >= 15 is 0 Å². The molecule has 2 atom stereocenters. The topological polar surface area (TPSA) is 77.1 Å². The molecule has 2 N–H and O–H groups in total. The standard InChI is InChI=1S/C27H25FN6O/c1-33-8-10-34(11-9-33)24-7-3-17(15-29-24)25-19-5-2-16(12-23(19)31-32-25)21-14-27(21)20-13-18(28)4-6-22(20)30-26(27)35/h2-7,12-13,15,21H,8-11,14H2,1H3,(H,30,35)(H,31,32)/t21-,27?/m0/s1. The summed E-state index contributed by atoms with van der Waals surface area (Å²) in [6.07, 6.45) is 2.57. The largest absolute Gasteiger partial charge is 0.354 e. The molecule has 0 bridgehead atoms. The van der Waals surface area contributed by atoms with E-state index in [1.54, 1.807) is 6.07 Å². The third-order valence-electron chi connectivity index (χ3n) is 7.91. The van der Waals surface area contributed by atoms with Gasteiger partial charge in [-0.1, -0.05) is 12.1 Å². The third-order valence-corrected chi connectivity index (χ3v) is 7.91. The van der Waals surface area contributed by atoms with Crippen LogP contribution in [0.15, 0.2) is 54.7 Å². The van der Waals surface area contributed by atoms with E-state index in [1.807, 2.05) is 6.20 Å². The quantitative estimate of drug-likeness (QED) is 0.477. The molecule has 35 heavy (non-hydrogen) atoms. The first-order chi connectivity index (χ1) is 17.0. The second kappa shape index (κ2) is 7.36. The second-order valence-corrected chi connectivity index (χ2v) is 9.94. The molecule has 1 amide bonds. The zero-order valence-electron chi connectivity index (χ0n) is 19.4. The van der Waals surface area contributed by atoms with Gasteiger partial charge in [0.1, 0.15) is 17.3 Å². The fourth-order valence-corrected chi connectivity index (χ4v) is 5.79. The van der Waals surface area contributed by atoms with Crippen LogP contribution in [-0.2, 0) is 10.2 Å². The van der Waals surface area contributed by atoms with Crippen molar-refractivity contribution in [3.63, 3.8) is 0 Å². The fourth-order valence-electron chi connectivity index (χ4n) is 5.79. The number of anilines is 2. The molecule has 0 radical (unpaired) electrons. The van der Waals surface area contributed by atoms with E-state index in [0.29, 0.717) is 6.42 Å². The molecular formula is C27H25FN6O. The Hall–Kier alpha value is -3.78. The number of piperazine rings is 1. The lowest BCUT2D eigenvalue weighted by atomic mass is 9.91. The average molecular weight is 469 g/mol. The highest BCUT2D eigenvalue weighted by Gasteiger charge is 2.65. The molecule has 2 aliphatic heterocycles. The zero-order valence-corrected chi connectivity index (χ0v) is 19.4. The summed E-state index contributed by atoms with van der Waals surface area (Å²) >= 11 is 0. The van der Waals surface area contributed by atoms with E-state index in [1.165, 1.54) is 12.1 Å². The first-order valence-corrected chi connectivity index (χ1v) is 12.0. The smallest absolute Gasteiger partial charge is 0.235 e. The lowest BCUT2D eigenvalue weighted by Crippen LogP contribution is -2.44. The molecule has 2 aromatic heterocycles. The molecule has 3 aliphatic rings. The Labute approximate surface area is 202 Å². The van der Waals surface area contributed by atoms with Crippen molar-refractivity contribution in [1.29, 1.82) is 0 Å². The number of aromatic amines is 1. The van der Waals surface area contributed by atoms with Gasteiger partial charge in [-0.15, -0.1) is 0 Å². The molecule has 176 valence electrons. The van der Waals surface area contributed by atoms with Gasteiger partial charge in [0.2, 0.25) is 5.91 Å². The normalized spacial score (nSPS) is 23.7. The van der Waals surface area contributed by atoms with Crippen LogP contribution in [0.4, 0.5) is 15.9 Å². The molecule has 8 heteroatoms. The van der Waals surface area contributed by atoms with E-state index in [0.717, 1.165) is 71.0 Å². The van der Waals surface area contributed by atoms with Crippen LogP contribution in [-0.4, -0.2) is 59.2 Å². The van der Waals surface area contributed by atoms with Crippen molar-refractivity contribution in [2.75, 3.05) is 43.4 Å². The lowest BCUT2D eigenvalue weighted by molar-refractivity contribution is -0.118. The SMILES string of the molecule is CN1CCN(c2ccc(-c3n[nH]c4cc([C@@H]5CC56C(=O)Nc5ccc(F)cc56)ccc34)cn2)CC1. The Morgan fingerprint density at radius 1 is 1.06 bits per heavy atom. The molecule has 7 rings (SSSR count). The average Bonchev–Trinajstić information content (AvgIpc) is 3.40. The van der Waals surface area contributed by atoms with Crippen LogP contribution in [0.25, 0.3) is 22.2 Å². The van der Waals surface area contributed by atoms with Gasteiger partial charge in [0.15, 0.2) is 0 Å². The number of fused-ring (bicyclic) bond motifs is 3. The third kappa shape index (κ3) is 3.09. The highest BCUT2D eigenvalue weighted by atomic mass is 19.1. The van der Waals surface area contributed by atoms with E-state index in [9.17, 15) is 9.18 Å². The summed E-state index contributed by atoms with van der Waals surface area (Å²) in [5.41, 5.74) is 4.62. The number of carbonyl (C=O) groups excluding carboxylic acids is 1. The van der Waals surface area contributed by atoms with Crippen molar-refractivity contribution in [1.82, 2.24) is 20.1 Å². The lowest BCUT2D eigenvalue weighted by Gasteiger charge is -2.33. The number of nitrogens with one attached hydrogen (secondary N) is 2. The minimum Gasteiger partial charge on any atom is -0.354 e. The number of H-pyrrole nitrogens is 1. The number of carbonyl (C=O) groups is 1. The number of hydrogen-bond donors (Lipinski definition) is 2. The van der Waals surface area contributed by atoms with E-state index in [4.69, 9.17) is 4.98 Å². The van der Waals surface area contributed by atoms with Crippen molar-refractivity contribution in [3.05, 3.63) is 71.7 Å². The molecule has 7 nitrogen and oxygen atoms in total. The van der Waals surface area contributed by atoms with Crippen LogP contribution in [0.2, 0.25) is 0 Å². The van der Waals surface area contributed by atoms with E-state index in [2.05, 4.69) is 62.7 Å². The van der Waals surface area contributed by atoms with Crippen molar-refractivity contribution in [3.8, 4) is 11.3 Å². The number of benzene rings is 2.